The largest absolute Gasteiger partial charge is 0.305 e. The Balaban J connectivity index is 2.03. The predicted octanol–water partition coefficient (Wildman–Crippen LogP) is 3.13. The number of benzene rings is 2. The Morgan fingerprint density at radius 2 is 2.00 bits per heavy atom. The quantitative estimate of drug-likeness (QED) is 0.543. The van der Waals surface area contributed by atoms with Crippen molar-refractivity contribution in [3.05, 3.63) is 70.2 Å². The number of halogens is 1. The Labute approximate surface area is 113 Å². The van der Waals surface area contributed by atoms with Crippen molar-refractivity contribution >= 4 is 16.6 Å². The van der Waals surface area contributed by atoms with Gasteiger partial charge in [-0.25, -0.2) is 0 Å². The maximum absolute atomic E-state index is 14.0. The molecule has 0 atom stereocenters. The van der Waals surface area contributed by atoms with Crippen LogP contribution in [0.1, 0.15) is 5.56 Å². The molecule has 2 aromatic carbocycles. The number of nitro benzene ring substituents is 1. The van der Waals surface area contributed by atoms with E-state index in [2.05, 4.69) is 5.10 Å². The van der Waals surface area contributed by atoms with Crippen LogP contribution >= 0.6 is 0 Å². The van der Waals surface area contributed by atoms with Gasteiger partial charge in [-0.2, -0.15) is 9.49 Å². The van der Waals surface area contributed by atoms with Crippen LogP contribution in [0.25, 0.3) is 10.9 Å². The number of hydrogen-bond acceptors (Lipinski definition) is 3. The van der Waals surface area contributed by atoms with E-state index in [1.807, 2.05) is 24.3 Å². The third kappa shape index (κ3) is 2.01. The molecule has 0 radical (unpaired) electrons. The van der Waals surface area contributed by atoms with Crippen molar-refractivity contribution in [3.8, 4) is 0 Å². The molecule has 20 heavy (non-hydrogen) atoms. The van der Waals surface area contributed by atoms with Crippen LogP contribution < -0.4 is 0 Å². The first-order valence-corrected chi connectivity index (χ1v) is 5.99. The zero-order chi connectivity index (χ0) is 14.1. The molecular weight excluding hydrogens is 261 g/mol. The van der Waals surface area contributed by atoms with E-state index in [0.29, 0.717) is 0 Å². The second kappa shape index (κ2) is 4.73. The standard InChI is InChI=1S/C14H10FN3O2/c15-14-11(5-3-7-13(14)18(19)20)9-17-12-6-2-1-4-10(12)8-16-17/h1-8H,9H2. The number of rotatable bonds is 3. The molecule has 0 spiro atoms. The van der Waals surface area contributed by atoms with E-state index in [9.17, 15) is 14.5 Å². The minimum atomic E-state index is -0.808. The highest BCUT2D eigenvalue weighted by molar-refractivity contribution is 5.78. The van der Waals surface area contributed by atoms with Gasteiger partial charge in [0, 0.05) is 17.0 Å². The topological polar surface area (TPSA) is 61.0 Å². The van der Waals surface area contributed by atoms with E-state index in [0.717, 1.165) is 17.0 Å². The van der Waals surface area contributed by atoms with Crippen molar-refractivity contribution in [3.63, 3.8) is 0 Å². The van der Waals surface area contributed by atoms with Gasteiger partial charge in [-0.3, -0.25) is 14.8 Å². The summed E-state index contributed by atoms with van der Waals surface area (Å²) in [5, 5.41) is 15.9. The summed E-state index contributed by atoms with van der Waals surface area (Å²) in [5.41, 5.74) is 0.588. The number of aromatic nitrogens is 2. The maximum Gasteiger partial charge on any atom is 0.305 e. The van der Waals surface area contributed by atoms with Gasteiger partial charge < -0.3 is 0 Å². The molecule has 0 aliphatic rings. The fraction of sp³-hybridized carbons (Fsp3) is 0.0714. The molecule has 1 heterocycles. The molecule has 0 aliphatic carbocycles. The summed E-state index contributed by atoms with van der Waals surface area (Å²) < 4.78 is 15.7. The van der Waals surface area contributed by atoms with E-state index < -0.39 is 16.4 Å². The Kier molecular flexibility index (Phi) is 2.90. The second-order valence-corrected chi connectivity index (χ2v) is 4.37. The van der Waals surface area contributed by atoms with Crippen LogP contribution in [0.3, 0.4) is 0 Å². The van der Waals surface area contributed by atoms with Crippen molar-refractivity contribution in [2.45, 2.75) is 6.54 Å². The lowest BCUT2D eigenvalue weighted by Gasteiger charge is -2.05. The van der Waals surface area contributed by atoms with Gasteiger partial charge in [-0.1, -0.05) is 30.3 Å². The summed E-state index contributed by atoms with van der Waals surface area (Å²) in [6, 6.07) is 11.7. The molecule has 6 heteroatoms. The molecule has 0 saturated carbocycles. The van der Waals surface area contributed by atoms with Crippen LogP contribution in [-0.2, 0) is 6.54 Å². The van der Waals surface area contributed by atoms with E-state index >= 15 is 0 Å². The monoisotopic (exact) mass is 271 g/mol. The summed E-state index contributed by atoms with van der Waals surface area (Å²) in [6.45, 7) is 0.154. The summed E-state index contributed by atoms with van der Waals surface area (Å²) in [7, 11) is 0. The smallest absolute Gasteiger partial charge is 0.260 e. The van der Waals surface area contributed by atoms with Crippen molar-refractivity contribution < 1.29 is 9.31 Å². The lowest BCUT2D eigenvalue weighted by atomic mass is 10.2. The van der Waals surface area contributed by atoms with Crippen molar-refractivity contribution in [1.82, 2.24) is 9.78 Å². The number of nitrogens with zero attached hydrogens (tertiary/aromatic N) is 3. The average Bonchev–Trinajstić information content (AvgIpc) is 2.84. The highest BCUT2D eigenvalue weighted by Gasteiger charge is 2.17. The number of hydrogen-bond donors (Lipinski definition) is 0. The fourth-order valence-electron chi connectivity index (χ4n) is 2.14. The number of nitro groups is 1. The van der Waals surface area contributed by atoms with Crippen molar-refractivity contribution in [1.29, 1.82) is 0 Å². The third-order valence-electron chi connectivity index (χ3n) is 3.13. The van der Waals surface area contributed by atoms with Crippen LogP contribution in [0.15, 0.2) is 48.7 Å². The van der Waals surface area contributed by atoms with Crippen LogP contribution in [0, 0.1) is 15.9 Å². The van der Waals surface area contributed by atoms with Crippen molar-refractivity contribution in [2.24, 2.45) is 0 Å². The summed E-state index contributed by atoms with van der Waals surface area (Å²) in [6.07, 6.45) is 1.69. The Morgan fingerprint density at radius 1 is 1.20 bits per heavy atom. The van der Waals surface area contributed by atoms with Gasteiger partial charge in [0.2, 0.25) is 5.82 Å². The first kappa shape index (κ1) is 12.3. The minimum Gasteiger partial charge on any atom is -0.260 e. The molecule has 0 aliphatic heterocycles. The van der Waals surface area contributed by atoms with Crippen LogP contribution in [0.5, 0.6) is 0 Å². The molecule has 100 valence electrons. The molecule has 3 aromatic rings. The van der Waals surface area contributed by atoms with Crippen molar-refractivity contribution in [2.75, 3.05) is 0 Å². The van der Waals surface area contributed by atoms with Crippen LogP contribution in [0.4, 0.5) is 10.1 Å². The van der Waals surface area contributed by atoms with Gasteiger partial charge in [0.05, 0.1) is 23.2 Å². The van der Waals surface area contributed by atoms with E-state index in [4.69, 9.17) is 0 Å². The zero-order valence-electron chi connectivity index (χ0n) is 10.4. The molecule has 0 bridgehead atoms. The average molecular weight is 271 g/mol. The summed E-state index contributed by atoms with van der Waals surface area (Å²) >= 11 is 0. The minimum absolute atomic E-state index is 0.154. The molecular formula is C14H10FN3O2. The van der Waals surface area contributed by atoms with Gasteiger partial charge >= 0.3 is 5.69 Å². The Hall–Kier alpha value is -2.76. The van der Waals surface area contributed by atoms with Crippen LogP contribution in [-0.4, -0.2) is 14.7 Å². The van der Waals surface area contributed by atoms with Gasteiger partial charge in [0.15, 0.2) is 0 Å². The summed E-state index contributed by atoms with van der Waals surface area (Å²) in [5.74, 6) is -0.808. The van der Waals surface area contributed by atoms with E-state index in [1.165, 1.54) is 12.1 Å². The number of para-hydroxylation sites is 1. The van der Waals surface area contributed by atoms with Gasteiger partial charge in [0.1, 0.15) is 0 Å². The van der Waals surface area contributed by atoms with Gasteiger partial charge in [0.25, 0.3) is 0 Å². The van der Waals surface area contributed by atoms with E-state index in [-0.39, 0.29) is 12.1 Å². The molecule has 0 N–H and O–H groups in total. The third-order valence-corrected chi connectivity index (χ3v) is 3.13. The normalized spacial score (nSPS) is 10.8. The van der Waals surface area contributed by atoms with E-state index in [1.54, 1.807) is 10.9 Å². The lowest BCUT2D eigenvalue weighted by molar-refractivity contribution is -0.387. The van der Waals surface area contributed by atoms with Crippen LogP contribution in [0.2, 0.25) is 0 Å². The highest BCUT2D eigenvalue weighted by Crippen LogP contribution is 2.22. The molecule has 0 unspecified atom stereocenters. The fourth-order valence-corrected chi connectivity index (χ4v) is 2.14. The second-order valence-electron chi connectivity index (χ2n) is 4.37. The predicted molar refractivity (Wildman–Crippen MR) is 71.9 cm³/mol. The highest BCUT2D eigenvalue weighted by atomic mass is 19.1. The first-order chi connectivity index (χ1) is 9.66. The maximum atomic E-state index is 14.0. The Bertz CT molecular complexity index is 798. The lowest BCUT2D eigenvalue weighted by Crippen LogP contribution is -2.05. The molecule has 3 rings (SSSR count). The van der Waals surface area contributed by atoms with Gasteiger partial charge in [-0.15, -0.1) is 0 Å². The molecule has 0 amide bonds. The molecule has 5 nitrogen and oxygen atoms in total. The number of fused-ring (bicyclic) bond motifs is 1. The SMILES string of the molecule is O=[N+]([O-])c1cccc(Cn2ncc3ccccc32)c1F. The Morgan fingerprint density at radius 3 is 2.80 bits per heavy atom. The zero-order valence-corrected chi connectivity index (χ0v) is 10.4. The molecule has 0 saturated heterocycles. The first-order valence-electron chi connectivity index (χ1n) is 5.99. The summed E-state index contributed by atoms with van der Waals surface area (Å²) in [4.78, 5) is 10.0. The van der Waals surface area contributed by atoms with Gasteiger partial charge in [-0.05, 0) is 6.07 Å². The molecule has 1 aromatic heterocycles. The molecule has 0 fully saturated rings.